The minimum atomic E-state index is -0.227. The number of benzene rings is 2. The normalized spacial score (nSPS) is 11.2. The first kappa shape index (κ1) is 20.6. The van der Waals surface area contributed by atoms with Gasteiger partial charge in [-0.2, -0.15) is 0 Å². The molecule has 0 unspecified atom stereocenters. The van der Waals surface area contributed by atoms with Gasteiger partial charge in [-0.15, -0.1) is 0 Å². The van der Waals surface area contributed by atoms with Crippen LogP contribution in [0.1, 0.15) is 11.4 Å². The lowest BCUT2D eigenvalue weighted by molar-refractivity contribution is -0.131. The van der Waals surface area contributed by atoms with Crippen LogP contribution in [-0.2, 0) is 22.5 Å². The summed E-state index contributed by atoms with van der Waals surface area (Å²) in [7, 11) is 3.17. The second-order valence-electron chi connectivity index (χ2n) is 7.14. The van der Waals surface area contributed by atoms with Crippen molar-refractivity contribution in [3.05, 3.63) is 70.5 Å². The fourth-order valence-electron chi connectivity index (χ4n) is 3.49. The third-order valence-electron chi connectivity index (χ3n) is 5.13. The Balaban J connectivity index is 1.58. The van der Waals surface area contributed by atoms with E-state index in [1.54, 1.807) is 49.6 Å². The molecule has 4 aromatic rings. The first-order chi connectivity index (χ1) is 15.1. The van der Waals surface area contributed by atoms with Gasteiger partial charge in [0.1, 0.15) is 17.2 Å². The number of hydrogen-bond acceptors (Lipinski definition) is 6. The Morgan fingerprint density at radius 1 is 1.16 bits per heavy atom. The van der Waals surface area contributed by atoms with Crippen LogP contribution in [0, 0.1) is 0 Å². The number of amides is 1. The summed E-state index contributed by atoms with van der Waals surface area (Å²) in [5, 5.41) is 1.37. The monoisotopic (exact) mass is 421 g/mol. The maximum atomic E-state index is 13.1. The highest BCUT2D eigenvalue weighted by atomic mass is 16.5. The molecule has 0 bridgehead atoms. The number of H-pyrrole nitrogens is 1. The second-order valence-corrected chi connectivity index (χ2v) is 7.14. The molecule has 0 spiro atoms. The molecule has 0 atom stereocenters. The van der Waals surface area contributed by atoms with Gasteiger partial charge in [-0.1, -0.05) is 12.1 Å². The summed E-state index contributed by atoms with van der Waals surface area (Å²) in [6.45, 7) is 0.911. The number of nitrogens with one attached hydrogen (secondary N) is 1. The van der Waals surface area contributed by atoms with Crippen molar-refractivity contribution < 1.29 is 18.7 Å². The minimum Gasteiger partial charge on any atom is -0.497 e. The van der Waals surface area contributed by atoms with Crippen LogP contribution in [-0.4, -0.2) is 48.1 Å². The fraction of sp³-hybridized carbons (Fsp3) is 0.261. The number of furan rings is 1. The predicted molar refractivity (Wildman–Crippen MR) is 116 cm³/mol. The van der Waals surface area contributed by atoms with Gasteiger partial charge in [0.15, 0.2) is 0 Å². The second kappa shape index (κ2) is 9.01. The fourth-order valence-corrected chi connectivity index (χ4v) is 3.49. The summed E-state index contributed by atoms with van der Waals surface area (Å²) >= 11 is 0. The van der Waals surface area contributed by atoms with Crippen molar-refractivity contribution in [3.63, 3.8) is 0 Å². The van der Waals surface area contributed by atoms with Gasteiger partial charge in [-0.05, 0) is 24.3 Å². The Bertz CT molecular complexity index is 1280. The number of para-hydroxylation sites is 1. The van der Waals surface area contributed by atoms with E-state index in [1.165, 1.54) is 0 Å². The number of aromatic amines is 1. The molecular weight excluding hydrogens is 398 g/mol. The quantitative estimate of drug-likeness (QED) is 0.470. The number of nitrogens with zero attached hydrogens (tertiary/aromatic N) is 2. The van der Waals surface area contributed by atoms with E-state index >= 15 is 0 Å². The lowest BCUT2D eigenvalue weighted by atomic mass is 10.1. The molecule has 4 rings (SSSR count). The lowest BCUT2D eigenvalue weighted by Crippen LogP contribution is -2.35. The molecule has 2 heterocycles. The number of rotatable bonds is 8. The summed E-state index contributed by atoms with van der Waals surface area (Å²) in [5.74, 6) is 0.995. The molecule has 0 saturated heterocycles. The van der Waals surface area contributed by atoms with E-state index < -0.39 is 0 Å². The molecule has 0 saturated carbocycles. The van der Waals surface area contributed by atoms with Crippen LogP contribution in [0.2, 0.25) is 0 Å². The van der Waals surface area contributed by atoms with Gasteiger partial charge in [0.25, 0.3) is 5.56 Å². The Morgan fingerprint density at radius 2 is 2.00 bits per heavy atom. The van der Waals surface area contributed by atoms with Crippen LogP contribution >= 0.6 is 0 Å². The molecule has 2 aromatic carbocycles. The van der Waals surface area contributed by atoms with Gasteiger partial charge in [-0.25, -0.2) is 4.98 Å². The smallest absolute Gasteiger partial charge is 0.258 e. The van der Waals surface area contributed by atoms with Crippen LogP contribution in [0.15, 0.2) is 57.9 Å². The number of carbonyl (C=O) groups excluding carboxylic acids is 1. The van der Waals surface area contributed by atoms with Crippen molar-refractivity contribution in [1.82, 2.24) is 14.9 Å². The zero-order valence-electron chi connectivity index (χ0n) is 17.4. The van der Waals surface area contributed by atoms with Gasteiger partial charge in [0, 0.05) is 30.7 Å². The van der Waals surface area contributed by atoms with E-state index in [2.05, 4.69) is 9.97 Å². The highest BCUT2D eigenvalue weighted by Crippen LogP contribution is 2.26. The third-order valence-corrected chi connectivity index (χ3v) is 5.13. The number of fused-ring (bicyclic) bond motifs is 2. The van der Waals surface area contributed by atoms with E-state index in [-0.39, 0.29) is 24.4 Å². The topological polar surface area (TPSA) is 97.7 Å². The number of aromatic nitrogens is 2. The molecule has 0 aliphatic rings. The number of hydrogen-bond donors (Lipinski definition) is 1. The number of carbonyl (C=O) groups is 1. The summed E-state index contributed by atoms with van der Waals surface area (Å²) < 4.78 is 16.0. The molecule has 1 amide bonds. The van der Waals surface area contributed by atoms with Crippen molar-refractivity contribution >= 4 is 27.8 Å². The molecule has 8 nitrogen and oxygen atoms in total. The summed E-state index contributed by atoms with van der Waals surface area (Å²) in [6, 6.07) is 12.6. The molecule has 0 fully saturated rings. The van der Waals surface area contributed by atoms with Crippen molar-refractivity contribution in [1.29, 1.82) is 0 Å². The SMILES string of the molecule is COCCN(Cc1nc2ccccc2c(=O)[nH]1)C(=O)Cc1coc2cc(OC)ccc12. The zero-order chi connectivity index (χ0) is 21.8. The van der Waals surface area contributed by atoms with Crippen LogP contribution in [0.25, 0.3) is 21.9 Å². The molecule has 8 heteroatoms. The van der Waals surface area contributed by atoms with Gasteiger partial charge < -0.3 is 23.8 Å². The Labute approximate surface area is 178 Å². The van der Waals surface area contributed by atoms with Crippen LogP contribution in [0.3, 0.4) is 0 Å². The van der Waals surface area contributed by atoms with Crippen molar-refractivity contribution in [2.75, 3.05) is 27.4 Å². The molecular formula is C23H23N3O5. The largest absolute Gasteiger partial charge is 0.497 e. The van der Waals surface area contributed by atoms with Crippen LogP contribution in [0.4, 0.5) is 0 Å². The molecule has 31 heavy (non-hydrogen) atoms. The first-order valence-electron chi connectivity index (χ1n) is 9.88. The average molecular weight is 421 g/mol. The first-order valence-corrected chi connectivity index (χ1v) is 9.88. The average Bonchev–Trinajstić information content (AvgIpc) is 3.18. The Hall–Kier alpha value is -3.65. The maximum absolute atomic E-state index is 13.1. The summed E-state index contributed by atoms with van der Waals surface area (Å²) in [6.07, 6.45) is 1.74. The van der Waals surface area contributed by atoms with Crippen LogP contribution < -0.4 is 10.3 Å². The van der Waals surface area contributed by atoms with E-state index in [1.807, 2.05) is 18.2 Å². The standard InChI is InChI=1S/C23H23N3O5/c1-29-10-9-26(13-21-24-19-6-4-3-5-18(19)23(28)25-21)22(27)11-15-14-31-20-12-16(30-2)7-8-17(15)20/h3-8,12,14H,9-11,13H2,1-2H3,(H,24,25,28). The molecule has 1 N–H and O–H groups in total. The van der Waals surface area contributed by atoms with Gasteiger partial charge in [-0.3, -0.25) is 9.59 Å². The van der Waals surface area contributed by atoms with Crippen LogP contribution in [0.5, 0.6) is 5.75 Å². The van der Waals surface area contributed by atoms with Gasteiger partial charge in [0.05, 0.1) is 43.8 Å². The predicted octanol–water partition coefficient (Wildman–Crippen LogP) is 2.90. The lowest BCUT2D eigenvalue weighted by Gasteiger charge is -2.22. The molecule has 160 valence electrons. The maximum Gasteiger partial charge on any atom is 0.258 e. The summed E-state index contributed by atoms with van der Waals surface area (Å²) in [5.41, 5.74) is 1.81. The van der Waals surface area contributed by atoms with E-state index in [9.17, 15) is 9.59 Å². The van der Waals surface area contributed by atoms with E-state index in [4.69, 9.17) is 13.9 Å². The van der Waals surface area contributed by atoms with Crippen molar-refractivity contribution in [2.24, 2.45) is 0 Å². The third kappa shape index (κ3) is 4.44. The molecule has 0 radical (unpaired) electrons. The van der Waals surface area contributed by atoms with Gasteiger partial charge >= 0.3 is 0 Å². The molecule has 0 aliphatic carbocycles. The molecule has 0 aliphatic heterocycles. The summed E-state index contributed by atoms with van der Waals surface area (Å²) in [4.78, 5) is 34.4. The zero-order valence-corrected chi connectivity index (χ0v) is 17.4. The highest BCUT2D eigenvalue weighted by Gasteiger charge is 2.19. The van der Waals surface area contributed by atoms with Crippen molar-refractivity contribution in [3.8, 4) is 5.75 Å². The number of methoxy groups -OCH3 is 2. The Kier molecular flexibility index (Phi) is 5.99. The van der Waals surface area contributed by atoms with Crippen molar-refractivity contribution in [2.45, 2.75) is 13.0 Å². The van der Waals surface area contributed by atoms with E-state index in [0.29, 0.717) is 41.2 Å². The van der Waals surface area contributed by atoms with Gasteiger partial charge in [0.2, 0.25) is 5.91 Å². The minimum absolute atomic E-state index is 0.119. The molecule has 2 aromatic heterocycles. The van der Waals surface area contributed by atoms with E-state index in [0.717, 1.165) is 10.9 Å². The number of ether oxygens (including phenoxy) is 2. The Morgan fingerprint density at radius 3 is 2.81 bits per heavy atom. The highest BCUT2D eigenvalue weighted by molar-refractivity contribution is 5.88.